The molecule has 0 bridgehead atoms. The highest BCUT2D eigenvalue weighted by Crippen LogP contribution is 2.39. The summed E-state index contributed by atoms with van der Waals surface area (Å²) >= 11 is 0. The monoisotopic (exact) mass is 514 g/mol. The van der Waals surface area contributed by atoms with Gasteiger partial charge in [0.1, 0.15) is 12.2 Å². The molecule has 0 unspecified atom stereocenters. The van der Waals surface area contributed by atoms with E-state index < -0.39 is 14.4 Å². The number of hydrogen-bond donors (Lipinski definition) is 3. The molecule has 0 saturated heterocycles. The molecule has 206 valence electrons. The Labute approximate surface area is 216 Å². The third-order valence-corrected chi connectivity index (χ3v) is 11.0. The van der Waals surface area contributed by atoms with E-state index >= 15 is 0 Å². The Morgan fingerprint density at radius 1 is 0.857 bits per heavy atom. The molecule has 6 nitrogen and oxygen atoms in total. The first-order valence-electron chi connectivity index (χ1n) is 12.3. The first kappa shape index (κ1) is 36.1. The SMILES string of the molecule is C=C[C@H](OC)[C@@H](O)[C@H](C)/C=C(/C)CO.C=C[C@H](OC)[C@@H](O[Si](C)(C)C(C)(C)C)[C@H](C)/C=C(/C)CO. The Hall–Kier alpha value is -1.06. The van der Waals surface area contributed by atoms with Crippen LogP contribution in [-0.4, -0.2) is 75.5 Å². The van der Waals surface area contributed by atoms with Crippen LogP contribution in [0.2, 0.25) is 18.1 Å². The highest BCUT2D eigenvalue weighted by atomic mass is 28.4. The number of aliphatic hydroxyl groups excluding tert-OH is 3. The number of ether oxygens (including phenoxy) is 2. The minimum absolute atomic E-state index is 0.0167. The van der Waals surface area contributed by atoms with Crippen LogP contribution in [0.5, 0.6) is 0 Å². The van der Waals surface area contributed by atoms with Gasteiger partial charge >= 0.3 is 0 Å². The van der Waals surface area contributed by atoms with Crippen molar-refractivity contribution < 1.29 is 29.2 Å². The van der Waals surface area contributed by atoms with Crippen LogP contribution in [-0.2, 0) is 13.9 Å². The normalized spacial score (nSPS) is 18.5. The molecule has 0 aromatic carbocycles. The highest BCUT2D eigenvalue weighted by molar-refractivity contribution is 6.74. The van der Waals surface area contributed by atoms with E-state index in [2.05, 4.69) is 60.0 Å². The summed E-state index contributed by atoms with van der Waals surface area (Å²) in [6.45, 7) is 26.4. The van der Waals surface area contributed by atoms with E-state index in [1.54, 1.807) is 19.3 Å². The van der Waals surface area contributed by atoms with Gasteiger partial charge in [0.05, 0.1) is 25.4 Å². The summed E-state index contributed by atoms with van der Waals surface area (Å²) in [5, 5.41) is 28.0. The van der Waals surface area contributed by atoms with E-state index in [-0.39, 0.29) is 48.4 Å². The fourth-order valence-corrected chi connectivity index (χ4v) is 4.61. The van der Waals surface area contributed by atoms with Crippen molar-refractivity contribution in [3.05, 3.63) is 48.6 Å². The summed E-state index contributed by atoms with van der Waals surface area (Å²) in [4.78, 5) is 0. The molecule has 7 heteroatoms. The van der Waals surface area contributed by atoms with Crippen molar-refractivity contribution in [1.29, 1.82) is 0 Å². The van der Waals surface area contributed by atoms with E-state index in [9.17, 15) is 10.2 Å². The zero-order valence-electron chi connectivity index (χ0n) is 24.2. The van der Waals surface area contributed by atoms with Gasteiger partial charge in [-0.05, 0) is 32.0 Å². The second kappa shape index (κ2) is 17.4. The van der Waals surface area contributed by atoms with Crippen LogP contribution in [0.1, 0.15) is 48.5 Å². The fourth-order valence-electron chi connectivity index (χ4n) is 3.23. The zero-order valence-corrected chi connectivity index (χ0v) is 25.2. The van der Waals surface area contributed by atoms with Gasteiger partial charge in [0.25, 0.3) is 0 Å². The maximum absolute atomic E-state index is 9.80. The molecule has 0 saturated carbocycles. The predicted octanol–water partition coefficient (Wildman–Crippen LogP) is 5.28. The second-order valence-corrected chi connectivity index (χ2v) is 15.5. The van der Waals surface area contributed by atoms with Gasteiger partial charge in [-0.15, -0.1) is 13.2 Å². The van der Waals surface area contributed by atoms with Crippen molar-refractivity contribution in [3.63, 3.8) is 0 Å². The number of aliphatic hydroxyl groups is 3. The summed E-state index contributed by atoms with van der Waals surface area (Å²) in [6, 6.07) is 0. The minimum atomic E-state index is -1.91. The third kappa shape index (κ3) is 13.2. The molecule has 0 aliphatic rings. The van der Waals surface area contributed by atoms with Crippen LogP contribution in [0.25, 0.3) is 0 Å². The molecular weight excluding hydrogens is 460 g/mol. The van der Waals surface area contributed by atoms with E-state index in [0.29, 0.717) is 0 Å². The predicted molar refractivity (Wildman–Crippen MR) is 150 cm³/mol. The van der Waals surface area contributed by atoms with Crippen molar-refractivity contribution in [2.45, 2.75) is 91.0 Å². The molecule has 0 fully saturated rings. The molecule has 3 N–H and O–H groups in total. The van der Waals surface area contributed by atoms with Crippen molar-refractivity contribution in [2.75, 3.05) is 27.4 Å². The molecule has 0 aromatic heterocycles. The number of hydrogen-bond acceptors (Lipinski definition) is 6. The molecule has 0 amide bonds. The fraction of sp³-hybridized carbons (Fsp3) is 0.714. The van der Waals surface area contributed by atoms with Crippen LogP contribution in [0, 0.1) is 11.8 Å². The van der Waals surface area contributed by atoms with E-state index in [1.165, 1.54) is 7.11 Å². The molecule has 0 rings (SSSR count). The Balaban J connectivity index is 0. The van der Waals surface area contributed by atoms with E-state index in [4.69, 9.17) is 19.0 Å². The Kier molecular flexibility index (Phi) is 17.9. The first-order chi connectivity index (χ1) is 16.1. The largest absolute Gasteiger partial charge is 0.410 e. The van der Waals surface area contributed by atoms with Crippen molar-refractivity contribution in [3.8, 4) is 0 Å². The van der Waals surface area contributed by atoms with Gasteiger partial charge in [0.2, 0.25) is 0 Å². The average molecular weight is 515 g/mol. The lowest BCUT2D eigenvalue weighted by molar-refractivity contribution is -0.00161. The lowest BCUT2D eigenvalue weighted by atomic mass is 9.97. The van der Waals surface area contributed by atoms with E-state index in [1.807, 2.05) is 26.8 Å². The van der Waals surface area contributed by atoms with Crippen molar-refractivity contribution in [1.82, 2.24) is 0 Å². The molecular formula is C28H54O6Si. The maximum atomic E-state index is 9.80. The minimum Gasteiger partial charge on any atom is -0.410 e. The van der Waals surface area contributed by atoms with Crippen molar-refractivity contribution in [2.24, 2.45) is 11.8 Å². The van der Waals surface area contributed by atoms with Crippen LogP contribution in [0.4, 0.5) is 0 Å². The van der Waals surface area contributed by atoms with Gasteiger partial charge in [-0.25, -0.2) is 0 Å². The summed E-state index contributed by atoms with van der Waals surface area (Å²) < 4.78 is 17.2. The van der Waals surface area contributed by atoms with Crippen LogP contribution in [0.15, 0.2) is 48.6 Å². The highest BCUT2D eigenvalue weighted by Gasteiger charge is 2.41. The van der Waals surface area contributed by atoms with Gasteiger partial charge in [-0.1, -0.05) is 70.1 Å². The molecule has 0 radical (unpaired) electrons. The molecule has 0 aliphatic carbocycles. The lowest BCUT2D eigenvalue weighted by Gasteiger charge is -2.42. The molecule has 0 heterocycles. The standard InChI is InChI=1S/C17H34O3Si.C11H20O3/c1-10-15(19-7)16(14(3)11-13(2)12-18)20-21(8,9)17(4,5)6;1-5-10(14-4)11(13)9(3)6-8(2)7-12/h10-11,14-16,18H,1,12H2,2-9H3;5-6,9-13H,1,7H2,2-4H3/b13-11-;8-6-/t14-,15+,16+;9-,10+,11+/m11/s1. The molecule has 0 aliphatic heterocycles. The van der Waals surface area contributed by atoms with Gasteiger partial charge in [-0.3, -0.25) is 0 Å². The van der Waals surface area contributed by atoms with Gasteiger partial charge in [0.15, 0.2) is 8.32 Å². The lowest BCUT2D eigenvalue weighted by Crippen LogP contribution is -2.49. The zero-order chi connectivity index (χ0) is 28.0. The van der Waals surface area contributed by atoms with Crippen LogP contribution in [0.3, 0.4) is 0 Å². The topological polar surface area (TPSA) is 88.4 Å². The number of methoxy groups -OCH3 is 2. The third-order valence-electron chi connectivity index (χ3n) is 6.56. The first-order valence-corrected chi connectivity index (χ1v) is 15.2. The van der Waals surface area contributed by atoms with Crippen LogP contribution >= 0.6 is 0 Å². The quantitative estimate of drug-likeness (QED) is 0.216. The van der Waals surface area contributed by atoms with Crippen LogP contribution < -0.4 is 0 Å². The summed E-state index contributed by atoms with van der Waals surface area (Å²) in [7, 11) is 1.31. The summed E-state index contributed by atoms with van der Waals surface area (Å²) in [6.07, 6.45) is 6.03. The van der Waals surface area contributed by atoms with Gasteiger partial charge in [-0.2, -0.15) is 0 Å². The Bertz CT molecular complexity index is 665. The number of rotatable bonds is 14. The molecule has 35 heavy (non-hydrogen) atoms. The summed E-state index contributed by atoms with van der Waals surface area (Å²) in [5.74, 6) is 0.0827. The maximum Gasteiger partial charge on any atom is 0.192 e. The second-order valence-electron chi connectivity index (χ2n) is 10.8. The molecule has 6 atom stereocenters. The Morgan fingerprint density at radius 3 is 1.57 bits per heavy atom. The molecule has 0 spiro atoms. The van der Waals surface area contributed by atoms with E-state index in [0.717, 1.165) is 11.1 Å². The van der Waals surface area contributed by atoms with Gasteiger partial charge in [0, 0.05) is 26.1 Å². The smallest absolute Gasteiger partial charge is 0.192 e. The average Bonchev–Trinajstić information content (AvgIpc) is 2.79. The summed E-state index contributed by atoms with van der Waals surface area (Å²) in [5.41, 5.74) is 1.79. The van der Waals surface area contributed by atoms with Gasteiger partial charge < -0.3 is 29.2 Å². The molecule has 0 aromatic rings. The Morgan fingerprint density at radius 2 is 1.26 bits per heavy atom. The van der Waals surface area contributed by atoms with Crippen molar-refractivity contribution >= 4 is 8.32 Å².